The minimum absolute atomic E-state index is 0.0127. The number of benzene rings is 1. The number of para-hydroxylation sites is 2. The number of halogens is 4. The average Bonchev–Trinajstić information content (AvgIpc) is 2.90. The predicted molar refractivity (Wildman–Crippen MR) is 85.2 cm³/mol. The predicted octanol–water partition coefficient (Wildman–Crippen LogP) is 4.16. The van der Waals surface area contributed by atoms with Gasteiger partial charge in [0.05, 0.1) is 34.0 Å². The molecule has 0 spiro atoms. The summed E-state index contributed by atoms with van der Waals surface area (Å²) < 4.78 is 40.1. The number of nitrogens with zero attached hydrogens (tertiary/aromatic N) is 4. The minimum atomic E-state index is -4.44. The summed E-state index contributed by atoms with van der Waals surface area (Å²) in [6, 6.07) is 8.93. The number of aromatic nitrogens is 3. The van der Waals surface area contributed by atoms with Crippen molar-refractivity contribution in [3.63, 3.8) is 0 Å². The summed E-state index contributed by atoms with van der Waals surface area (Å²) in [5.74, 6) is 0.380. The average molecular weight is 353 g/mol. The molecule has 4 rings (SSSR count). The Morgan fingerprint density at radius 3 is 2.58 bits per heavy atom. The molecule has 8 heteroatoms. The Labute approximate surface area is 140 Å². The van der Waals surface area contributed by atoms with Gasteiger partial charge in [0.25, 0.3) is 0 Å². The first-order valence-corrected chi connectivity index (χ1v) is 7.70. The number of fused-ring (bicyclic) bond motifs is 1. The van der Waals surface area contributed by atoms with Crippen LogP contribution in [0.2, 0.25) is 5.02 Å². The molecule has 2 aromatic heterocycles. The Hall–Kier alpha value is -2.28. The van der Waals surface area contributed by atoms with Gasteiger partial charge < -0.3 is 9.47 Å². The lowest BCUT2D eigenvalue weighted by molar-refractivity contribution is -0.137. The van der Waals surface area contributed by atoms with Crippen LogP contribution in [-0.2, 0) is 6.18 Å². The fraction of sp³-hybridized carbons (Fsp3) is 0.250. The zero-order valence-electron chi connectivity index (χ0n) is 12.3. The molecule has 3 aromatic rings. The molecular weight excluding hydrogens is 341 g/mol. The summed E-state index contributed by atoms with van der Waals surface area (Å²) in [6.07, 6.45) is -1.84. The molecule has 0 saturated carbocycles. The van der Waals surface area contributed by atoms with Crippen molar-refractivity contribution in [2.75, 3.05) is 18.0 Å². The Bertz CT molecular complexity index is 900. The standard InChI is InChI=1S/C16H12ClF3N4/c17-12-5-10(16(18,19)20)6-21-15(12)23-7-11(8-23)24-9-22-13-3-1-2-4-14(13)24/h1-6,9,11H,7-8H2. The Balaban J connectivity index is 1.53. The number of imidazole rings is 1. The molecule has 0 bridgehead atoms. The highest BCUT2D eigenvalue weighted by Gasteiger charge is 2.34. The normalized spacial score (nSPS) is 15.8. The maximum absolute atomic E-state index is 12.7. The van der Waals surface area contributed by atoms with Crippen molar-refractivity contribution < 1.29 is 13.2 Å². The second kappa shape index (κ2) is 5.37. The molecule has 1 fully saturated rings. The molecule has 124 valence electrons. The van der Waals surface area contributed by atoms with Crippen LogP contribution >= 0.6 is 11.6 Å². The first-order chi connectivity index (χ1) is 11.4. The van der Waals surface area contributed by atoms with Gasteiger partial charge in [-0.2, -0.15) is 13.2 Å². The lowest BCUT2D eigenvalue weighted by atomic mass is 10.1. The summed E-state index contributed by atoms with van der Waals surface area (Å²) in [5, 5.41) is 0.0127. The van der Waals surface area contributed by atoms with Gasteiger partial charge in [0.2, 0.25) is 0 Å². The molecule has 0 radical (unpaired) electrons. The van der Waals surface area contributed by atoms with Gasteiger partial charge in [0.15, 0.2) is 0 Å². The second-order valence-electron chi connectivity index (χ2n) is 5.73. The molecule has 1 aliphatic heterocycles. The fourth-order valence-electron chi connectivity index (χ4n) is 2.89. The Morgan fingerprint density at radius 2 is 1.88 bits per heavy atom. The topological polar surface area (TPSA) is 34.0 Å². The number of rotatable bonds is 2. The van der Waals surface area contributed by atoms with E-state index in [2.05, 4.69) is 14.5 Å². The number of alkyl halides is 3. The molecule has 0 aliphatic carbocycles. The van der Waals surface area contributed by atoms with E-state index in [4.69, 9.17) is 11.6 Å². The van der Waals surface area contributed by atoms with Crippen LogP contribution in [0.15, 0.2) is 42.9 Å². The molecule has 1 saturated heterocycles. The van der Waals surface area contributed by atoms with Crippen LogP contribution in [-0.4, -0.2) is 27.6 Å². The summed E-state index contributed by atoms with van der Waals surface area (Å²) >= 11 is 5.99. The van der Waals surface area contributed by atoms with Crippen molar-refractivity contribution in [2.45, 2.75) is 12.2 Å². The van der Waals surface area contributed by atoms with Crippen LogP contribution in [0.1, 0.15) is 11.6 Å². The summed E-state index contributed by atoms with van der Waals surface area (Å²) in [7, 11) is 0. The highest BCUT2D eigenvalue weighted by Crippen LogP contribution is 2.36. The first-order valence-electron chi connectivity index (χ1n) is 7.33. The van der Waals surface area contributed by atoms with Gasteiger partial charge in [0, 0.05) is 19.3 Å². The largest absolute Gasteiger partial charge is 0.417 e. The lowest BCUT2D eigenvalue weighted by Crippen LogP contribution is -2.48. The molecule has 4 nitrogen and oxygen atoms in total. The van der Waals surface area contributed by atoms with E-state index in [0.717, 1.165) is 23.3 Å². The molecule has 0 N–H and O–H groups in total. The quantitative estimate of drug-likeness (QED) is 0.694. The van der Waals surface area contributed by atoms with Gasteiger partial charge in [-0.05, 0) is 18.2 Å². The zero-order valence-corrected chi connectivity index (χ0v) is 13.1. The number of anilines is 1. The number of hydrogen-bond donors (Lipinski definition) is 0. The van der Waals surface area contributed by atoms with Gasteiger partial charge in [0.1, 0.15) is 5.82 Å². The zero-order chi connectivity index (χ0) is 16.9. The maximum Gasteiger partial charge on any atom is 0.417 e. The molecule has 0 amide bonds. The number of pyridine rings is 1. The summed E-state index contributed by atoms with van der Waals surface area (Å²) in [5.41, 5.74) is 1.11. The van der Waals surface area contributed by atoms with Crippen molar-refractivity contribution in [3.05, 3.63) is 53.4 Å². The monoisotopic (exact) mass is 352 g/mol. The fourth-order valence-corrected chi connectivity index (χ4v) is 3.18. The number of hydrogen-bond acceptors (Lipinski definition) is 3. The molecule has 1 aliphatic rings. The lowest BCUT2D eigenvalue weighted by Gasteiger charge is -2.41. The summed E-state index contributed by atoms with van der Waals surface area (Å²) in [6.45, 7) is 1.25. The van der Waals surface area contributed by atoms with E-state index in [1.54, 1.807) is 6.33 Å². The van der Waals surface area contributed by atoms with Gasteiger partial charge in [-0.1, -0.05) is 23.7 Å². The van der Waals surface area contributed by atoms with Gasteiger partial charge in [-0.3, -0.25) is 0 Å². The van der Waals surface area contributed by atoms with Gasteiger partial charge in [-0.15, -0.1) is 0 Å². The van der Waals surface area contributed by atoms with Crippen LogP contribution in [0.3, 0.4) is 0 Å². The van der Waals surface area contributed by atoms with E-state index < -0.39 is 11.7 Å². The highest BCUT2D eigenvalue weighted by molar-refractivity contribution is 6.33. The highest BCUT2D eigenvalue weighted by atomic mass is 35.5. The first kappa shape index (κ1) is 15.3. The van der Waals surface area contributed by atoms with E-state index in [1.165, 1.54) is 0 Å². The maximum atomic E-state index is 12.7. The minimum Gasteiger partial charge on any atom is -0.351 e. The van der Waals surface area contributed by atoms with E-state index in [1.807, 2.05) is 29.2 Å². The summed E-state index contributed by atoms with van der Waals surface area (Å²) in [4.78, 5) is 10.1. The Kier molecular flexibility index (Phi) is 3.42. The third-order valence-corrected chi connectivity index (χ3v) is 4.46. The van der Waals surface area contributed by atoms with E-state index in [9.17, 15) is 13.2 Å². The molecule has 1 aromatic carbocycles. The SMILES string of the molecule is FC(F)(F)c1cnc(N2CC(n3cnc4ccccc43)C2)c(Cl)c1. The van der Waals surface area contributed by atoms with Crippen molar-refractivity contribution in [3.8, 4) is 0 Å². The van der Waals surface area contributed by atoms with E-state index >= 15 is 0 Å². The van der Waals surface area contributed by atoms with Crippen LogP contribution < -0.4 is 4.90 Å². The third-order valence-electron chi connectivity index (χ3n) is 4.19. The second-order valence-corrected chi connectivity index (χ2v) is 6.13. The van der Waals surface area contributed by atoms with Crippen LogP contribution in [0.25, 0.3) is 11.0 Å². The van der Waals surface area contributed by atoms with Crippen molar-refractivity contribution >= 4 is 28.5 Å². The van der Waals surface area contributed by atoms with E-state index in [-0.39, 0.29) is 11.1 Å². The van der Waals surface area contributed by atoms with Crippen LogP contribution in [0.5, 0.6) is 0 Å². The van der Waals surface area contributed by atoms with Gasteiger partial charge >= 0.3 is 6.18 Å². The molecule has 24 heavy (non-hydrogen) atoms. The van der Waals surface area contributed by atoms with Crippen LogP contribution in [0.4, 0.5) is 19.0 Å². The Morgan fingerprint density at radius 1 is 1.12 bits per heavy atom. The third kappa shape index (κ3) is 2.49. The smallest absolute Gasteiger partial charge is 0.351 e. The van der Waals surface area contributed by atoms with E-state index in [0.29, 0.717) is 18.9 Å². The van der Waals surface area contributed by atoms with Gasteiger partial charge in [-0.25, -0.2) is 9.97 Å². The van der Waals surface area contributed by atoms with Crippen LogP contribution in [0, 0.1) is 0 Å². The van der Waals surface area contributed by atoms with Crippen molar-refractivity contribution in [2.24, 2.45) is 0 Å². The molecule has 0 unspecified atom stereocenters. The molecule has 0 atom stereocenters. The van der Waals surface area contributed by atoms with Crippen molar-refractivity contribution in [1.29, 1.82) is 0 Å². The molecule has 3 heterocycles. The van der Waals surface area contributed by atoms with Crippen molar-refractivity contribution in [1.82, 2.24) is 14.5 Å². The molecular formula is C16H12ClF3N4.